The van der Waals surface area contributed by atoms with Crippen LogP contribution in [0.5, 0.6) is 5.75 Å². The summed E-state index contributed by atoms with van der Waals surface area (Å²) in [6.07, 6.45) is 2.21. The Bertz CT molecular complexity index is 1120. The fourth-order valence-corrected chi connectivity index (χ4v) is 4.71. The van der Waals surface area contributed by atoms with Gasteiger partial charge >= 0.3 is 0 Å². The van der Waals surface area contributed by atoms with Crippen molar-refractivity contribution in [2.24, 2.45) is 0 Å². The Kier molecular flexibility index (Phi) is 10.8. The van der Waals surface area contributed by atoms with Crippen molar-refractivity contribution in [3.63, 3.8) is 0 Å². The van der Waals surface area contributed by atoms with Crippen LogP contribution in [0.3, 0.4) is 0 Å². The lowest BCUT2D eigenvalue weighted by molar-refractivity contribution is -0.140. The van der Waals surface area contributed by atoms with Crippen molar-refractivity contribution in [1.82, 2.24) is 10.2 Å². The van der Waals surface area contributed by atoms with Crippen molar-refractivity contribution in [3.8, 4) is 5.75 Å². The minimum Gasteiger partial charge on any atom is -0.494 e. The molecule has 9 heteroatoms. The van der Waals surface area contributed by atoms with E-state index in [1.807, 2.05) is 58.9 Å². The van der Waals surface area contributed by atoms with Gasteiger partial charge in [-0.15, -0.1) is 0 Å². The highest BCUT2D eigenvalue weighted by atomic mass is 32.2. The second-order valence-electron chi connectivity index (χ2n) is 8.95. The van der Waals surface area contributed by atoms with Crippen LogP contribution in [0.15, 0.2) is 48.5 Å². The number of carbonyl (C=O) groups is 2. The normalized spacial score (nSPS) is 12.9. The Hall–Kier alpha value is -3.07. The fourth-order valence-electron chi connectivity index (χ4n) is 3.86. The van der Waals surface area contributed by atoms with Crippen molar-refractivity contribution >= 4 is 27.5 Å². The van der Waals surface area contributed by atoms with E-state index in [4.69, 9.17) is 4.74 Å². The highest BCUT2D eigenvalue weighted by Gasteiger charge is 2.32. The molecule has 2 atom stereocenters. The number of hydrogen-bond acceptors (Lipinski definition) is 5. The predicted molar refractivity (Wildman–Crippen MR) is 144 cm³/mol. The Labute approximate surface area is 215 Å². The number of rotatable bonds is 13. The molecule has 8 nitrogen and oxygen atoms in total. The van der Waals surface area contributed by atoms with Crippen LogP contribution < -0.4 is 14.4 Å². The minimum absolute atomic E-state index is 0.0427. The highest BCUT2D eigenvalue weighted by Crippen LogP contribution is 2.23. The molecule has 0 saturated carbocycles. The number of anilines is 1. The Morgan fingerprint density at radius 1 is 1.03 bits per heavy atom. The van der Waals surface area contributed by atoms with Crippen LogP contribution in [0.25, 0.3) is 0 Å². The number of aryl methyl sites for hydroxylation is 1. The second-order valence-corrected chi connectivity index (χ2v) is 10.9. The van der Waals surface area contributed by atoms with E-state index in [0.717, 1.165) is 28.1 Å². The lowest BCUT2D eigenvalue weighted by atomic mass is 10.1. The maximum Gasteiger partial charge on any atom is 0.244 e. The van der Waals surface area contributed by atoms with E-state index in [-0.39, 0.29) is 18.5 Å². The third kappa shape index (κ3) is 8.26. The number of benzene rings is 2. The van der Waals surface area contributed by atoms with E-state index in [9.17, 15) is 18.0 Å². The number of amides is 2. The summed E-state index contributed by atoms with van der Waals surface area (Å²) in [5.74, 6) is -0.100. The molecule has 2 aromatic carbocycles. The van der Waals surface area contributed by atoms with Crippen LogP contribution in [0.4, 0.5) is 5.69 Å². The molecule has 0 aliphatic heterocycles. The van der Waals surface area contributed by atoms with Crippen molar-refractivity contribution in [2.75, 3.05) is 23.7 Å². The summed E-state index contributed by atoms with van der Waals surface area (Å²) in [6.45, 7) is 9.80. The molecule has 1 N–H and O–H groups in total. The molecule has 0 fully saturated rings. The molecule has 0 heterocycles. The summed E-state index contributed by atoms with van der Waals surface area (Å²) >= 11 is 0. The zero-order chi connectivity index (χ0) is 26.9. The molecule has 2 aromatic rings. The van der Waals surface area contributed by atoms with Crippen molar-refractivity contribution in [1.29, 1.82) is 0 Å². The Morgan fingerprint density at radius 2 is 1.69 bits per heavy atom. The van der Waals surface area contributed by atoms with E-state index >= 15 is 0 Å². The largest absolute Gasteiger partial charge is 0.494 e. The third-order valence-electron chi connectivity index (χ3n) is 5.94. The highest BCUT2D eigenvalue weighted by molar-refractivity contribution is 7.92. The molecule has 0 aromatic heterocycles. The van der Waals surface area contributed by atoms with Crippen molar-refractivity contribution < 1.29 is 22.7 Å². The number of hydrogen-bond donors (Lipinski definition) is 1. The lowest BCUT2D eigenvalue weighted by Gasteiger charge is -2.33. The molecule has 0 spiro atoms. The van der Waals surface area contributed by atoms with Gasteiger partial charge in [-0.1, -0.05) is 43.7 Å². The molecule has 0 unspecified atom stereocenters. The number of nitrogens with one attached hydrogen (secondary N) is 1. The van der Waals surface area contributed by atoms with Gasteiger partial charge in [-0.3, -0.25) is 13.9 Å². The monoisotopic (exact) mass is 517 g/mol. The van der Waals surface area contributed by atoms with Gasteiger partial charge in [0, 0.05) is 12.6 Å². The van der Waals surface area contributed by atoms with Crippen molar-refractivity contribution in [2.45, 2.75) is 66.1 Å². The van der Waals surface area contributed by atoms with Gasteiger partial charge in [0.05, 0.1) is 18.6 Å². The van der Waals surface area contributed by atoms with Crippen molar-refractivity contribution in [3.05, 3.63) is 59.7 Å². The first-order valence-electron chi connectivity index (χ1n) is 12.4. The summed E-state index contributed by atoms with van der Waals surface area (Å²) in [7, 11) is -3.78. The molecular weight excluding hydrogens is 478 g/mol. The van der Waals surface area contributed by atoms with Gasteiger partial charge in [0.25, 0.3) is 0 Å². The van der Waals surface area contributed by atoms with Gasteiger partial charge < -0.3 is 15.0 Å². The molecular formula is C27H39N3O5S. The van der Waals surface area contributed by atoms with Crippen LogP contribution in [-0.4, -0.2) is 56.6 Å². The van der Waals surface area contributed by atoms with Crippen LogP contribution >= 0.6 is 0 Å². The van der Waals surface area contributed by atoms with Crippen LogP contribution in [0, 0.1) is 6.92 Å². The summed E-state index contributed by atoms with van der Waals surface area (Å²) in [5.41, 5.74) is 2.25. The van der Waals surface area contributed by atoms with E-state index < -0.39 is 28.5 Å². The standard InChI is InChI=1S/C27H39N3O5S/c1-7-21(5)28-27(32)25(8-2)29(18-22-12-10-11-20(4)17-22)26(31)19-30(36(6,33)34)23-13-15-24(16-14-23)35-9-3/h10-17,21,25H,7-9,18-19H2,1-6H3,(H,28,32)/t21-,25-/m0/s1. The van der Waals surface area contributed by atoms with Crippen LogP contribution in [0.2, 0.25) is 0 Å². The molecule has 0 aliphatic carbocycles. The van der Waals surface area contributed by atoms with E-state index in [0.29, 0.717) is 24.5 Å². The molecule has 198 valence electrons. The maximum absolute atomic E-state index is 13.7. The molecule has 2 amide bonds. The predicted octanol–water partition coefficient (Wildman–Crippen LogP) is 3.88. The average molecular weight is 518 g/mol. The number of sulfonamides is 1. The second kappa shape index (κ2) is 13.3. The maximum atomic E-state index is 13.7. The minimum atomic E-state index is -3.78. The Morgan fingerprint density at radius 3 is 2.22 bits per heavy atom. The SMILES string of the molecule is CCOc1ccc(N(CC(=O)N(Cc2cccc(C)c2)[C@@H](CC)C(=O)N[C@@H](C)CC)S(C)(=O)=O)cc1. The van der Waals surface area contributed by atoms with Crippen LogP contribution in [-0.2, 0) is 26.2 Å². The molecule has 36 heavy (non-hydrogen) atoms. The van der Waals surface area contributed by atoms with Gasteiger partial charge in [-0.25, -0.2) is 8.42 Å². The molecule has 0 aliphatic rings. The average Bonchev–Trinajstić information content (AvgIpc) is 2.82. The van der Waals surface area contributed by atoms with E-state index in [1.54, 1.807) is 24.3 Å². The summed E-state index contributed by atoms with van der Waals surface area (Å²) in [6, 6.07) is 13.5. The smallest absolute Gasteiger partial charge is 0.244 e. The first-order valence-corrected chi connectivity index (χ1v) is 14.2. The summed E-state index contributed by atoms with van der Waals surface area (Å²) in [5, 5.41) is 2.97. The molecule has 2 rings (SSSR count). The zero-order valence-electron chi connectivity index (χ0n) is 22.2. The van der Waals surface area contributed by atoms with Gasteiger partial charge in [0.15, 0.2) is 0 Å². The van der Waals surface area contributed by atoms with E-state index in [2.05, 4.69) is 5.32 Å². The topological polar surface area (TPSA) is 96.0 Å². The number of nitrogens with zero attached hydrogens (tertiary/aromatic N) is 2. The summed E-state index contributed by atoms with van der Waals surface area (Å²) in [4.78, 5) is 28.3. The Balaban J connectivity index is 2.42. The van der Waals surface area contributed by atoms with E-state index in [1.165, 1.54) is 4.90 Å². The third-order valence-corrected chi connectivity index (χ3v) is 7.08. The quantitative estimate of drug-likeness (QED) is 0.435. The number of carbonyl (C=O) groups excluding carboxylic acids is 2. The van der Waals surface area contributed by atoms with Crippen LogP contribution in [0.1, 0.15) is 51.7 Å². The van der Waals surface area contributed by atoms with Gasteiger partial charge in [0.2, 0.25) is 21.8 Å². The first-order chi connectivity index (χ1) is 17.0. The van der Waals surface area contributed by atoms with Gasteiger partial charge in [0.1, 0.15) is 18.3 Å². The van der Waals surface area contributed by atoms with Gasteiger partial charge in [-0.05, 0) is 63.4 Å². The lowest BCUT2D eigenvalue weighted by Crippen LogP contribution is -2.53. The summed E-state index contributed by atoms with van der Waals surface area (Å²) < 4.78 is 31.9. The fraction of sp³-hybridized carbons (Fsp3) is 0.481. The zero-order valence-corrected chi connectivity index (χ0v) is 23.0. The number of ether oxygens (including phenoxy) is 1. The molecule has 0 saturated heterocycles. The first kappa shape index (κ1) is 29.2. The molecule has 0 radical (unpaired) electrons. The van der Waals surface area contributed by atoms with Gasteiger partial charge in [-0.2, -0.15) is 0 Å². The molecule has 0 bridgehead atoms.